The third-order valence-electron chi connectivity index (χ3n) is 4.18. The fourth-order valence-corrected chi connectivity index (χ4v) is 2.75. The topological polar surface area (TPSA) is 57.6 Å². The van der Waals surface area contributed by atoms with Crippen LogP contribution < -0.4 is 0 Å². The first-order valence-corrected chi connectivity index (χ1v) is 7.09. The highest BCUT2D eigenvalue weighted by molar-refractivity contribution is 5.84. The molecule has 1 aromatic carbocycles. The van der Waals surface area contributed by atoms with Gasteiger partial charge in [0.25, 0.3) is 0 Å². The summed E-state index contributed by atoms with van der Waals surface area (Å²) in [5.74, 6) is -1.44. The molecule has 0 aliphatic carbocycles. The fraction of sp³-hybridized carbons (Fsp3) is 0.500. The largest absolute Gasteiger partial charge is 0.481 e. The van der Waals surface area contributed by atoms with E-state index in [-0.39, 0.29) is 17.9 Å². The molecule has 1 aliphatic rings. The van der Waals surface area contributed by atoms with Crippen molar-refractivity contribution in [1.29, 1.82) is 0 Å². The molecule has 1 aliphatic heterocycles. The highest BCUT2D eigenvalue weighted by atomic mass is 16.4. The van der Waals surface area contributed by atoms with Crippen molar-refractivity contribution in [3.63, 3.8) is 0 Å². The van der Waals surface area contributed by atoms with Crippen LogP contribution in [0.2, 0.25) is 0 Å². The maximum absolute atomic E-state index is 12.6. The predicted molar refractivity (Wildman–Crippen MR) is 76.4 cm³/mol. The van der Waals surface area contributed by atoms with E-state index in [0.29, 0.717) is 13.0 Å². The van der Waals surface area contributed by atoms with E-state index < -0.39 is 11.9 Å². The van der Waals surface area contributed by atoms with Gasteiger partial charge in [-0.15, -0.1) is 0 Å². The number of carbonyl (C=O) groups is 2. The zero-order chi connectivity index (χ0) is 14.7. The van der Waals surface area contributed by atoms with Gasteiger partial charge in [0, 0.05) is 12.6 Å². The van der Waals surface area contributed by atoms with E-state index in [4.69, 9.17) is 5.11 Å². The second-order valence-electron chi connectivity index (χ2n) is 5.58. The molecule has 108 valence electrons. The first kappa shape index (κ1) is 14.6. The molecule has 1 saturated heterocycles. The molecule has 0 saturated carbocycles. The number of carboxylic acids is 1. The van der Waals surface area contributed by atoms with Gasteiger partial charge >= 0.3 is 5.97 Å². The van der Waals surface area contributed by atoms with E-state index in [2.05, 4.69) is 0 Å². The van der Waals surface area contributed by atoms with Crippen molar-refractivity contribution < 1.29 is 14.7 Å². The summed E-state index contributed by atoms with van der Waals surface area (Å²) >= 11 is 0. The summed E-state index contributed by atoms with van der Waals surface area (Å²) in [7, 11) is 0. The second-order valence-corrected chi connectivity index (χ2v) is 5.58. The minimum atomic E-state index is -0.804. The number of carbonyl (C=O) groups excluding carboxylic acids is 1. The van der Waals surface area contributed by atoms with Crippen LogP contribution in [0.1, 0.15) is 38.2 Å². The maximum atomic E-state index is 12.6. The third kappa shape index (κ3) is 3.00. The van der Waals surface area contributed by atoms with Crippen molar-refractivity contribution in [3.8, 4) is 0 Å². The van der Waals surface area contributed by atoms with Crippen LogP contribution in [0.5, 0.6) is 0 Å². The summed E-state index contributed by atoms with van der Waals surface area (Å²) in [6.07, 6.45) is 1.41. The summed E-state index contributed by atoms with van der Waals surface area (Å²) in [5, 5.41) is 9.14. The number of hydrogen-bond donors (Lipinski definition) is 1. The Bertz CT molecular complexity index is 486. The summed E-state index contributed by atoms with van der Waals surface area (Å²) < 4.78 is 0. The number of rotatable bonds is 3. The minimum absolute atomic E-state index is 0.0228. The first-order chi connectivity index (χ1) is 9.50. The lowest BCUT2D eigenvalue weighted by molar-refractivity contribution is -0.147. The van der Waals surface area contributed by atoms with Gasteiger partial charge in [-0.05, 0) is 32.3 Å². The van der Waals surface area contributed by atoms with Gasteiger partial charge in [0.1, 0.15) is 0 Å². The van der Waals surface area contributed by atoms with E-state index in [1.807, 2.05) is 44.2 Å². The normalized spacial score (nSPS) is 24.2. The van der Waals surface area contributed by atoms with Gasteiger partial charge in [0.05, 0.1) is 11.8 Å². The molecule has 3 atom stereocenters. The molecule has 1 aromatic rings. The summed E-state index contributed by atoms with van der Waals surface area (Å²) in [5.41, 5.74) is 0.974. The van der Waals surface area contributed by atoms with Crippen LogP contribution in [0.25, 0.3) is 0 Å². The first-order valence-electron chi connectivity index (χ1n) is 7.09. The number of benzene rings is 1. The zero-order valence-electron chi connectivity index (χ0n) is 12.0. The van der Waals surface area contributed by atoms with Crippen LogP contribution in [0, 0.1) is 5.92 Å². The summed E-state index contributed by atoms with van der Waals surface area (Å²) in [6, 6.07) is 9.74. The van der Waals surface area contributed by atoms with Crippen LogP contribution in [-0.4, -0.2) is 34.5 Å². The Kier molecular flexibility index (Phi) is 4.42. The zero-order valence-corrected chi connectivity index (χ0v) is 12.0. The Labute approximate surface area is 119 Å². The number of piperidine rings is 1. The summed E-state index contributed by atoms with van der Waals surface area (Å²) in [4.78, 5) is 25.5. The van der Waals surface area contributed by atoms with Crippen LogP contribution >= 0.6 is 0 Å². The number of hydrogen-bond acceptors (Lipinski definition) is 2. The quantitative estimate of drug-likeness (QED) is 0.922. The van der Waals surface area contributed by atoms with E-state index in [0.717, 1.165) is 12.0 Å². The molecule has 4 nitrogen and oxygen atoms in total. The highest BCUT2D eigenvalue weighted by Gasteiger charge is 2.34. The fourth-order valence-electron chi connectivity index (χ4n) is 2.75. The standard InChI is InChI=1S/C16H21NO3/c1-11-8-9-14(16(19)20)10-17(11)15(18)12(2)13-6-4-3-5-7-13/h3-7,11-12,14H,8-10H2,1-2H3,(H,19,20)/t11?,12-,14?/m1/s1. The molecule has 2 rings (SSSR count). The number of carboxylic acid groups (broad SMARTS) is 1. The minimum Gasteiger partial charge on any atom is -0.481 e. The molecule has 20 heavy (non-hydrogen) atoms. The highest BCUT2D eigenvalue weighted by Crippen LogP contribution is 2.26. The van der Waals surface area contributed by atoms with Crippen LogP contribution in [0.4, 0.5) is 0 Å². The van der Waals surface area contributed by atoms with E-state index in [1.165, 1.54) is 0 Å². The van der Waals surface area contributed by atoms with Gasteiger partial charge in [-0.3, -0.25) is 9.59 Å². The SMILES string of the molecule is CC1CCC(C(=O)O)CN1C(=O)[C@H](C)c1ccccc1. The third-order valence-corrected chi connectivity index (χ3v) is 4.18. The van der Waals surface area contributed by atoms with Gasteiger partial charge in [-0.25, -0.2) is 0 Å². The molecule has 1 heterocycles. The van der Waals surface area contributed by atoms with Gasteiger partial charge in [-0.2, -0.15) is 0 Å². The van der Waals surface area contributed by atoms with Crippen molar-refractivity contribution in [3.05, 3.63) is 35.9 Å². The average Bonchev–Trinajstić information content (AvgIpc) is 2.47. The lowest BCUT2D eigenvalue weighted by atomic mass is 9.91. The van der Waals surface area contributed by atoms with E-state index >= 15 is 0 Å². The molecule has 0 spiro atoms. The van der Waals surface area contributed by atoms with Gasteiger partial charge in [0.15, 0.2) is 0 Å². The lowest BCUT2D eigenvalue weighted by Gasteiger charge is -2.38. The molecule has 1 N–H and O–H groups in total. The summed E-state index contributed by atoms with van der Waals surface area (Å²) in [6.45, 7) is 4.20. The van der Waals surface area contributed by atoms with Gasteiger partial charge < -0.3 is 10.0 Å². The number of amides is 1. The van der Waals surface area contributed by atoms with E-state index in [9.17, 15) is 9.59 Å². The second kappa shape index (κ2) is 6.07. The van der Waals surface area contributed by atoms with E-state index in [1.54, 1.807) is 4.90 Å². The molecule has 1 fully saturated rings. The lowest BCUT2D eigenvalue weighted by Crippen LogP contribution is -2.48. The van der Waals surface area contributed by atoms with Gasteiger partial charge in [-0.1, -0.05) is 30.3 Å². The predicted octanol–water partition coefficient (Wildman–Crippen LogP) is 2.50. The average molecular weight is 275 g/mol. The van der Waals surface area contributed by atoms with Crippen molar-refractivity contribution in [2.45, 2.75) is 38.6 Å². The Morgan fingerprint density at radius 2 is 1.90 bits per heavy atom. The number of aliphatic carboxylic acids is 1. The molecule has 4 heteroatoms. The van der Waals surface area contributed by atoms with Crippen molar-refractivity contribution in [2.24, 2.45) is 5.92 Å². The monoisotopic (exact) mass is 275 g/mol. The Morgan fingerprint density at radius 1 is 1.25 bits per heavy atom. The molecule has 0 bridgehead atoms. The van der Waals surface area contributed by atoms with Crippen molar-refractivity contribution >= 4 is 11.9 Å². The Balaban J connectivity index is 2.12. The maximum Gasteiger partial charge on any atom is 0.308 e. The smallest absolute Gasteiger partial charge is 0.308 e. The Morgan fingerprint density at radius 3 is 2.50 bits per heavy atom. The number of likely N-dealkylation sites (tertiary alicyclic amines) is 1. The van der Waals surface area contributed by atoms with Crippen LogP contribution in [0.15, 0.2) is 30.3 Å². The van der Waals surface area contributed by atoms with Crippen molar-refractivity contribution in [2.75, 3.05) is 6.54 Å². The van der Waals surface area contributed by atoms with Crippen LogP contribution in [-0.2, 0) is 9.59 Å². The molecular weight excluding hydrogens is 254 g/mol. The van der Waals surface area contributed by atoms with Gasteiger partial charge in [0.2, 0.25) is 5.91 Å². The Hall–Kier alpha value is -1.84. The molecule has 0 radical (unpaired) electrons. The molecule has 0 aromatic heterocycles. The molecule has 2 unspecified atom stereocenters. The molecular formula is C16H21NO3. The molecule has 1 amide bonds. The van der Waals surface area contributed by atoms with Crippen molar-refractivity contribution in [1.82, 2.24) is 4.90 Å². The number of nitrogens with zero attached hydrogens (tertiary/aromatic N) is 1. The van der Waals surface area contributed by atoms with Crippen LogP contribution in [0.3, 0.4) is 0 Å².